The van der Waals surface area contributed by atoms with E-state index in [0.29, 0.717) is 19.2 Å². The zero-order chi connectivity index (χ0) is 11.8. The number of urea groups is 1. The Morgan fingerprint density at radius 2 is 2.06 bits per heavy atom. The first kappa shape index (κ1) is 12.8. The van der Waals surface area contributed by atoms with Crippen LogP contribution in [0, 0.1) is 0 Å². The van der Waals surface area contributed by atoms with Gasteiger partial charge in [-0.1, -0.05) is 0 Å². The molecule has 0 radical (unpaired) electrons. The lowest BCUT2D eigenvalue weighted by Crippen LogP contribution is -2.43. The predicted molar refractivity (Wildman–Crippen MR) is 59.1 cm³/mol. The zero-order valence-corrected chi connectivity index (χ0v) is 9.54. The Kier molecular flexibility index (Phi) is 5.63. The number of carbonyl (C=O) groups excluding carboxylic acids is 2. The Morgan fingerprint density at radius 3 is 2.69 bits per heavy atom. The highest BCUT2D eigenvalue weighted by Crippen LogP contribution is 2.17. The molecule has 0 unspecified atom stereocenters. The number of amides is 3. The second-order valence-corrected chi connectivity index (χ2v) is 3.80. The van der Waals surface area contributed by atoms with Gasteiger partial charge in [0.25, 0.3) is 0 Å². The summed E-state index contributed by atoms with van der Waals surface area (Å²) in [5.74, 6) is -0.179. The molecule has 1 fully saturated rings. The molecular weight excluding hydrogens is 210 g/mol. The van der Waals surface area contributed by atoms with Crippen LogP contribution in [0.1, 0.15) is 19.3 Å². The summed E-state index contributed by atoms with van der Waals surface area (Å²) in [7, 11) is 1.62. The second kappa shape index (κ2) is 7.05. The van der Waals surface area contributed by atoms with Crippen LogP contribution in [-0.2, 0) is 9.53 Å². The normalized spacial score (nSPS) is 14.3. The maximum Gasteiger partial charge on any atom is 0.315 e. The topological polar surface area (TPSA) is 79.5 Å². The second-order valence-electron chi connectivity index (χ2n) is 3.80. The van der Waals surface area contributed by atoms with Crippen molar-refractivity contribution in [3.8, 4) is 0 Å². The van der Waals surface area contributed by atoms with Gasteiger partial charge in [0.15, 0.2) is 0 Å². The van der Waals surface area contributed by atoms with Crippen LogP contribution in [0.3, 0.4) is 0 Å². The van der Waals surface area contributed by atoms with Gasteiger partial charge < -0.3 is 20.7 Å². The van der Waals surface area contributed by atoms with Gasteiger partial charge in [0, 0.05) is 26.3 Å². The van der Waals surface area contributed by atoms with Crippen LogP contribution in [0.15, 0.2) is 0 Å². The maximum absolute atomic E-state index is 11.2. The molecule has 0 bridgehead atoms. The Morgan fingerprint density at radius 1 is 1.31 bits per heavy atom. The van der Waals surface area contributed by atoms with Crippen molar-refractivity contribution in [1.29, 1.82) is 0 Å². The number of hydrogen-bond donors (Lipinski definition) is 3. The molecule has 1 saturated carbocycles. The molecule has 0 aliphatic heterocycles. The van der Waals surface area contributed by atoms with Gasteiger partial charge in [0.1, 0.15) is 0 Å². The van der Waals surface area contributed by atoms with Crippen molar-refractivity contribution in [1.82, 2.24) is 16.0 Å². The predicted octanol–water partition coefficient (Wildman–Crippen LogP) is -0.399. The van der Waals surface area contributed by atoms with Crippen LogP contribution in [0.5, 0.6) is 0 Å². The van der Waals surface area contributed by atoms with Gasteiger partial charge in [-0.2, -0.15) is 0 Å². The first-order chi connectivity index (χ1) is 7.72. The molecule has 6 heteroatoms. The molecule has 0 aromatic heterocycles. The molecule has 3 N–H and O–H groups in total. The standard InChI is InChI=1S/C10H19N3O3/c1-16-6-2-5-11-9(14)7-12-10(15)13-8-3-4-8/h8H,2-7H2,1H3,(H,11,14)(H2,12,13,15). The van der Waals surface area contributed by atoms with E-state index >= 15 is 0 Å². The Labute approximate surface area is 95.1 Å². The monoisotopic (exact) mass is 229 g/mol. The molecule has 0 heterocycles. The molecule has 0 aromatic carbocycles. The number of hydrogen-bond acceptors (Lipinski definition) is 3. The van der Waals surface area contributed by atoms with E-state index in [1.807, 2.05) is 0 Å². The van der Waals surface area contributed by atoms with Crippen molar-refractivity contribution in [3.05, 3.63) is 0 Å². The number of ether oxygens (including phenoxy) is 1. The highest BCUT2D eigenvalue weighted by atomic mass is 16.5. The molecule has 1 aliphatic rings. The summed E-state index contributed by atoms with van der Waals surface area (Å²) in [5, 5.41) is 7.92. The third-order valence-electron chi connectivity index (χ3n) is 2.17. The van der Waals surface area contributed by atoms with Crippen molar-refractivity contribution < 1.29 is 14.3 Å². The van der Waals surface area contributed by atoms with Gasteiger partial charge in [0.05, 0.1) is 6.54 Å². The van der Waals surface area contributed by atoms with E-state index in [-0.39, 0.29) is 18.5 Å². The van der Waals surface area contributed by atoms with Crippen LogP contribution >= 0.6 is 0 Å². The smallest absolute Gasteiger partial charge is 0.315 e. The van der Waals surface area contributed by atoms with Gasteiger partial charge in [0.2, 0.25) is 5.91 Å². The highest BCUT2D eigenvalue weighted by molar-refractivity contribution is 5.84. The Bertz CT molecular complexity index is 241. The third kappa shape index (κ3) is 6.23. The lowest BCUT2D eigenvalue weighted by molar-refractivity contribution is -0.120. The van der Waals surface area contributed by atoms with Crippen LogP contribution in [0.4, 0.5) is 4.79 Å². The molecule has 6 nitrogen and oxygen atoms in total. The molecule has 0 saturated heterocycles. The van der Waals surface area contributed by atoms with E-state index in [0.717, 1.165) is 19.3 Å². The zero-order valence-electron chi connectivity index (χ0n) is 9.54. The summed E-state index contributed by atoms with van der Waals surface area (Å²) in [6.45, 7) is 1.21. The Hall–Kier alpha value is -1.30. The first-order valence-electron chi connectivity index (χ1n) is 5.52. The summed E-state index contributed by atoms with van der Waals surface area (Å²) in [4.78, 5) is 22.4. The molecule has 0 spiro atoms. The molecule has 16 heavy (non-hydrogen) atoms. The summed E-state index contributed by atoms with van der Waals surface area (Å²) in [6, 6.07) is 0.0410. The van der Waals surface area contributed by atoms with Gasteiger partial charge in [-0.25, -0.2) is 4.79 Å². The molecule has 0 aromatic rings. The van der Waals surface area contributed by atoms with Crippen LogP contribution < -0.4 is 16.0 Å². The van der Waals surface area contributed by atoms with Crippen molar-refractivity contribution in [2.75, 3.05) is 26.8 Å². The fourth-order valence-electron chi connectivity index (χ4n) is 1.13. The molecule has 3 amide bonds. The summed E-state index contributed by atoms with van der Waals surface area (Å²) < 4.78 is 4.84. The van der Waals surface area contributed by atoms with Crippen molar-refractivity contribution in [2.45, 2.75) is 25.3 Å². The Balaban J connectivity index is 1.94. The minimum atomic E-state index is -0.269. The summed E-state index contributed by atoms with van der Waals surface area (Å²) in [5.41, 5.74) is 0. The molecular formula is C10H19N3O3. The number of rotatable bonds is 7. The summed E-state index contributed by atoms with van der Waals surface area (Å²) >= 11 is 0. The van der Waals surface area contributed by atoms with Crippen LogP contribution in [0.2, 0.25) is 0 Å². The SMILES string of the molecule is COCCCNC(=O)CNC(=O)NC1CC1. The van der Waals surface area contributed by atoms with Gasteiger partial charge >= 0.3 is 6.03 Å². The maximum atomic E-state index is 11.2. The largest absolute Gasteiger partial charge is 0.385 e. The van der Waals surface area contributed by atoms with Gasteiger partial charge in [-0.3, -0.25) is 4.79 Å². The molecule has 0 atom stereocenters. The minimum absolute atomic E-state index is 0.0194. The minimum Gasteiger partial charge on any atom is -0.385 e. The number of carbonyl (C=O) groups is 2. The fourth-order valence-corrected chi connectivity index (χ4v) is 1.13. The first-order valence-corrected chi connectivity index (χ1v) is 5.52. The van der Waals surface area contributed by atoms with Gasteiger partial charge in [-0.05, 0) is 19.3 Å². The average molecular weight is 229 g/mol. The van der Waals surface area contributed by atoms with Crippen molar-refractivity contribution in [3.63, 3.8) is 0 Å². The summed E-state index contributed by atoms with van der Waals surface area (Å²) in [6.07, 6.45) is 2.85. The lowest BCUT2D eigenvalue weighted by Gasteiger charge is -2.07. The highest BCUT2D eigenvalue weighted by Gasteiger charge is 2.23. The fraction of sp³-hybridized carbons (Fsp3) is 0.800. The third-order valence-corrected chi connectivity index (χ3v) is 2.17. The van der Waals surface area contributed by atoms with E-state index in [1.165, 1.54) is 0 Å². The average Bonchev–Trinajstić information content (AvgIpc) is 3.05. The lowest BCUT2D eigenvalue weighted by atomic mass is 10.4. The van der Waals surface area contributed by atoms with Crippen LogP contribution in [-0.4, -0.2) is 44.8 Å². The van der Waals surface area contributed by atoms with Crippen molar-refractivity contribution in [2.24, 2.45) is 0 Å². The molecule has 1 rings (SSSR count). The van der Waals surface area contributed by atoms with E-state index in [9.17, 15) is 9.59 Å². The number of methoxy groups -OCH3 is 1. The number of nitrogens with one attached hydrogen (secondary N) is 3. The van der Waals surface area contributed by atoms with Crippen molar-refractivity contribution >= 4 is 11.9 Å². The van der Waals surface area contributed by atoms with E-state index < -0.39 is 0 Å². The van der Waals surface area contributed by atoms with Crippen LogP contribution in [0.25, 0.3) is 0 Å². The van der Waals surface area contributed by atoms with Gasteiger partial charge in [-0.15, -0.1) is 0 Å². The molecule has 92 valence electrons. The van der Waals surface area contributed by atoms with E-state index in [2.05, 4.69) is 16.0 Å². The quantitative estimate of drug-likeness (QED) is 0.520. The van der Waals surface area contributed by atoms with E-state index in [4.69, 9.17) is 4.74 Å². The molecule has 1 aliphatic carbocycles. The van der Waals surface area contributed by atoms with E-state index in [1.54, 1.807) is 7.11 Å².